The van der Waals surface area contributed by atoms with Gasteiger partial charge < -0.3 is 5.11 Å². The monoisotopic (exact) mass is 340 g/mol. The van der Waals surface area contributed by atoms with Gasteiger partial charge in [0.1, 0.15) is 0 Å². The van der Waals surface area contributed by atoms with E-state index in [0.717, 1.165) is 21.5 Å². The molecule has 0 radical (unpaired) electrons. The van der Waals surface area contributed by atoms with Crippen molar-refractivity contribution in [3.8, 4) is 0 Å². The lowest BCUT2D eigenvalue weighted by molar-refractivity contribution is 0.200. The zero-order chi connectivity index (χ0) is 13.7. The van der Waals surface area contributed by atoms with Gasteiger partial charge in [0.15, 0.2) is 0 Å². The number of aromatic nitrogens is 2. The topological polar surface area (TPSA) is 38.0 Å². The molecule has 2 rings (SSSR count). The maximum absolute atomic E-state index is 10.1. The van der Waals surface area contributed by atoms with Crippen LogP contribution in [0, 0.1) is 0 Å². The van der Waals surface area contributed by atoms with Crippen LogP contribution in [0.4, 0.5) is 0 Å². The molecule has 1 heterocycles. The van der Waals surface area contributed by atoms with Crippen LogP contribution in [-0.4, -0.2) is 26.7 Å². The lowest BCUT2D eigenvalue weighted by Crippen LogP contribution is -2.13. The number of aryl methyl sites for hydroxylation is 1. The van der Waals surface area contributed by atoms with Gasteiger partial charge in [0.05, 0.1) is 12.3 Å². The minimum atomic E-state index is -0.355. The Morgan fingerprint density at radius 2 is 2.21 bits per heavy atom. The zero-order valence-electron chi connectivity index (χ0n) is 10.8. The van der Waals surface area contributed by atoms with Crippen LogP contribution in [0.3, 0.4) is 0 Å². The van der Waals surface area contributed by atoms with Crippen molar-refractivity contribution >= 4 is 27.7 Å². The fraction of sp³-hybridized carbons (Fsp3) is 0.357. The van der Waals surface area contributed by atoms with Crippen molar-refractivity contribution < 1.29 is 5.11 Å². The summed E-state index contributed by atoms with van der Waals surface area (Å²) in [6.45, 7) is 2.91. The van der Waals surface area contributed by atoms with E-state index in [1.807, 2.05) is 35.3 Å². The summed E-state index contributed by atoms with van der Waals surface area (Å²) in [5, 5.41) is 14.3. The maximum Gasteiger partial charge on any atom is 0.0675 e. The summed E-state index contributed by atoms with van der Waals surface area (Å²) in [6.07, 6.45) is 4.12. The van der Waals surface area contributed by atoms with E-state index in [-0.39, 0.29) is 6.10 Å². The third-order valence-corrected chi connectivity index (χ3v) is 4.92. The molecule has 19 heavy (non-hydrogen) atoms. The molecule has 102 valence electrons. The Hall–Kier alpha value is -0.780. The number of rotatable bonds is 6. The van der Waals surface area contributed by atoms with Crippen LogP contribution >= 0.6 is 27.7 Å². The lowest BCUT2D eigenvalue weighted by Gasteiger charge is -2.09. The zero-order valence-corrected chi connectivity index (χ0v) is 13.2. The Balaban J connectivity index is 1.84. The quantitative estimate of drug-likeness (QED) is 0.819. The first-order valence-corrected chi connectivity index (χ1v) is 8.03. The normalized spacial score (nSPS) is 12.6. The summed E-state index contributed by atoms with van der Waals surface area (Å²) in [6, 6.07) is 8.06. The van der Waals surface area contributed by atoms with Crippen molar-refractivity contribution in [1.29, 1.82) is 0 Å². The Bertz CT molecular complexity index is 530. The van der Waals surface area contributed by atoms with Crippen molar-refractivity contribution in [2.24, 2.45) is 0 Å². The van der Waals surface area contributed by atoms with E-state index in [2.05, 4.69) is 34.0 Å². The highest BCUT2D eigenvalue weighted by atomic mass is 79.9. The molecular formula is C14H17BrN2OS. The van der Waals surface area contributed by atoms with E-state index in [1.165, 1.54) is 0 Å². The molecule has 1 aromatic carbocycles. The summed E-state index contributed by atoms with van der Waals surface area (Å²) in [7, 11) is 0. The molecule has 0 bridgehead atoms. The van der Waals surface area contributed by atoms with Gasteiger partial charge in [-0.05, 0) is 40.5 Å². The second-order valence-electron chi connectivity index (χ2n) is 4.30. The molecule has 0 saturated heterocycles. The first kappa shape index (κ1) is 14.6. The van der Waals surface area contributed by atoms with E-state index < -0.39 is 0 Å². The Labute approximate surface area is 126 Å². The van der Waals surface area contributed by atoms with Gasteiger partial charge in [0.2, 0.25) is 0 Å². The molecule has 2 aromatic rings. The van der Waals surface area contributed by atoms with Crippen molar-refractivity contribution in [1.82, 2.24) is 9.78 Å². The van der Waals surface area contributed by atoms with Crippen molar-refractivity contribution in [3.63, 3.8) is 0 Å². The lowest BCUT2D eigenvalue weighted by atomic mass is 10.2. The van der Waals surface area contributed by atoms with Gasteiger partial charge in [-0.1, -0.05) is 12.1 Å². The molecule has 0 aliphatic rings. The van der Waals surface area contributed by atoms with Crippen molar-refractivity contribution in [3.05, 3.63) is 46.7 Å². The fourth-order valence-electron chi connectivity index (χ4n) is 1.76. The number of aliphatic hydroxyl groups is 1. The molecule has 1 unspecified atom stereocenters. The van der Waals surface area contributed by atoms with Gasteiger partial charge in [0, 0.05) is 34.3 Å². The number of aliphatic hydroxyl groups excluding tert-OH is 1. The van der Waals surface area contributed by atoms with Gasteiger partial charge in [-0.3, -0.25) is 4.68 Å². The number of hydrogen-bond acceptors (Lipinski definition) is 3. The number of benzene rings is 1. The molecule has 3 nitrogen and oxygen atoms in total. The number of halogens is 1. The molecule has 1 atom stereocenters. The smallest absolute Gasteiger partial charge is 0.0675 e. The highest BCUT2D eigenvalue weighted by molar-refractivity contribution is 9.10. The fourth-order valence-corrected chi connectivity index (χ4v) is 3.26. The van der Waals surface area contributed by atoms with Crippen molar-refractivity contribution in [2.45, 2.75) is 30.9 Å². The molecule has 5 heteroatoms. The van der Waals surface area contributed by atoms with Gasteiger partial charge in [-0.15, -0.1) is 11.8 Å². The second-order valence-corrected chi connectivity index (χ2v) is 6.22. The van der Waals surface area contributed by atoms with Gasteiger partial charge in [0.25, 0.3) is 0 Å². The molecule has 0 fully saturated rings. The number of hydrogen-bond donors (Lipinski definition) is 1. The largest absolute Gasteiger partial charge is 0.392 e. The number of thioether (sulfide) groups is 1. The molecule has 1 aromatic heterocycles. The van der Waals surface area contributed by atoms with E-state index in [9.17, 15) is 5.11 Å². The standard InChI is InChI=1S/C14H17BrN2OS/c1-2-17-9-11(8-16-17)7-12(18)10-19-14-6-4-3-5-13(14)15/h3-6,8-9,12,18H,2,7,10H2,1H3. The molecule has 0 amide bonds. The Kier molecular flexibility index (Phi) is 5.48. The Morgan fingerprint density at radius 3 is 2.89 bits per heavy atom. The molecule has 0 saturated carbocycles. The van der Waals surface area contributed by atoms with Crippen LogP contribution in [0.15, 0.2) is 46.0 Å². The van der Waals surface area contributed by atoms with E-state index >= 15 is 0 Å². The third-order valence-electron chi connectivity index (χ3n) is 2.75. The van der Waals surface area contributed by atoms with Gasteiger partial charge in [-0.25, -0.2) is 0 Å². The number of nitrogens with zero attached hydrogens (tertiary/aromatic N) is 2. The summed E-state index contributed by atoms with van der Waals surface area (Å²) >= 11 is 5.17. The average Bonchev–Trinajstić information content (AvgIpc) is 2.85. The van der Waals surface area contributed by atoms with Crippen LogP contribution in [0.2, 0.25) is 0 Å². The second kappa shape index (κ2) is 7.12. The summed E-state index contributed by atoms with van der Waals surface area (Å²) in [4.78, 5) is 1.16. The van der Waals surface area contributed by atoms with Gasteiger partial charge in [-0.2, -0.15) is 5.10 Å². The molecule has 0 spiro atoms. The summed E-state index contributed by atoms with van der Waals surface area (Å²) in [5.74, 6) is 0.680. The van der Waals surface area contributed by atoms with Crippen LogP contribution in [0.5, 0.6) is 0 Å². The van der Waals surface area contributed by atoms with E-state index in [4.69, 9.17) is 0 Å². The minimum absolute atomic E-state index is 0.355. The minimum Gasteiger partial charge on any atom is -0.392 e. The highest BCUT2D eigenvalue weighted by Crippen LogP contribution is 2.27. The molecule has 0 aliphatic heterocycles. The first-order chi connectivity index (χ1) is 9.19. The SMILES string of the molecule is CCn1cc(CC(O)CSc2ccccc2Br)cn1. The van der Waals surface area contributed by atoms with Crippen LogP contribution < -0.4 is 0 Å². The van der Waals surface area contributed by atoms with Crippen LogP contribution in [0.25, 0.3) is 0 Å². The summed E-state index contributed by atoms with van der Waals surface area (Å²) < 4.78 is 2.95. The van der Waals surface area contributed by atoms with Crippen LogP contribution in [-0.2, 0) is 13.0 Å². The predicted octanol–water partition coefficient (Wildman–Crippen LogP) is 3.36. The molecule has 0 aliphatic carbocycles. The molecule has 1 N–H and O–H groups in total. The average molecular weight is 341 g/mol. The Morgan fingerprint density at radius 1 is 1.42 bits per heavy atom. The summed E-state index contributed by atoms with van der Waals surface area (Å²) in [5.41, 5.74) is 1.09. The highest BCUT2D eigenvalue weighted by Gasteiger charge is 2.09. The van der Waals surface area contributed by atoms with Gasteiger partial charge >= 0.3 is 0 Å². The van der Waals surface area contributed by atoms with E-state index in [0.29, 0.717) is 12.2 Å². The van der Waals surface area contributed by atoms with E-state index in [1.54, 1.807) is 11.8 Å². The third kappa shape index (κ3) is 4.37. The predicted molar refractivity (Wildman–Crippen MR) is 82.5 cm³/mol. The van der Waals surface area contributed by atoms with Crippen molar-refractivity contribution in [2.75, 3.05) is 5.75 Å². The first-order valence-electron chi connectivity index (χ1n) is 6.25. The maximum atomic E-state index is 10.1. The van der Waals surface area contributed by atoms with Crippen LogP contribution in [0.1, 0.15) is 12.5 Å². The molecular weight excluding hydrogens is 324 g/mol.